The number of nitrogens with one attached hydrogen (secondary N) is 1. The minimum absolute atomic E-state index is 0.0166. The molecule has 23 heavy (non-hydrogen) atoms. The molecule has 1 unspecified atom stereocenters. The fourth-order valence-corrected chi connectivity index (χ4v) is 3.92. The van der Waals surface area contributed by atoms with Crippen molar-refractivity contribution in [3.05, 3.63) is 0 Å². The maximum Gasteiger partial charge on any atom is 0.236 e. The van der Waals surface area contributed by atoms with Gasteiger partial charge in [0.05, 0.1) is 19.8 Å². The minimum Gasteiger partial charge on any atom is -0.378 e. The summed E-state index contributed by atoms with van der Waals surface area (Å²) >= 11 is 0. The van der Waals surface area contributed by atoms with Gasteiger partial charge in [0, 0.05) is 51.2 Å². The molecule has 0 aromatic rings. The maximum atomic E-state index is 12.5. The summed E-state index contributed by atoms with van der Waals surface area (Å²) in [6, 6.07) is 0. The molecule has 0 aliphatic carbocycles. The lowest BCUT2D eigenvalue weighted by Gasteiger charge is -2.49. The highest BCUT2D eigenvalue weighted by Gasteiger charge is 2.41. The number of likely N-dealkylation sites (N-methyl/N-ethyl adjacent to an activating group) is 1. The van der Waals surface area contributed by atoms with Gasteiger partial charge >= 0.3 is 0 Å². The van der Waals surface area contributed by atoms with Gasteiger partial charge in [0.1, 0.15) is 0 Å². The zero-order valence-electron chi connectivity index (χ0n) is 14.1. The fourth-order valence-electron chi connectivity index (χ4n) is 3.92. The van der Waals surface area contributed by atoms with Gasteiger partial charge < -0.3 is 15.0 Å². The van der Waals surface area contributed by atoms with Crippen molar-refractivity contribution < 1.29 is 14.3 Å². The van der Waals surface area contributed by atoms with Gasteiger partial charge in [-0.05, 0) is 19.9 Å². The quantitative estimate of drug-likeness (QED) is 0.715. The van der Waals surface area contributed by atoms with Gasteiger partial charge in [0.2, 0.25) is 11.8 Å². The zero-order chi connectivity index (χ0) is 16.3. The van der Waals surface area contributed by atoms with Crippen LogP contribution in [0.3, 0.4) is 0 Å². The summed E-state index contributed by atoms with van der Waals surface area (Å²) in [5, 5.41) is 2.97. The Labute approximate surface area is 137 Å². The van der Waals surface area contributed by atoms with Crippen LogP contribution in [0.15, 0.2) is 0 Å². The second-order valence-electron chi connectivity index (χ2n) is 6.95. The molecule has 0 radical (unpaired) electrons. The highest BCUT2D eigenvalue weighted by Crippen LogP contribution is 2.30. The summed E-state index contributed by atoms with van der Waals surface area (Å²) in [7, 11) is 2.15. The molecule has 0 aromatic carbocycles. The van der Waals surface area contributed by atoms with Crippen molar-refractivity contribution in [1.82, 2.24) is 20.0 Å². The molecule has 1 spiro atoms. The summed E-state index contributed by atoms with van der Waals surface area (Å²) in [4.78, 5) is 30.7. The van der Waals surface area contributed by atoms with Crippen LogP contribution in [0.25, 0.3) is 0 Å². The lowest BCUT2D eigenvalue weighted by atomic mass is 9.86. The van der Waals surface area contributed by atoms with E-state index in [0.717, 1.165) is 39.0 Å². The zero-order valence-corrected chi connectivity index (χ0v) is 14.1. The molecule has 3 rings (SSSR count). The average Bonchev–Trinajstić information content (AvgIpc) is 2.75. The van der Waals surface area contributed by atoms with E-state index in [9.17, 15) is 9.59 Å². The molecule has 1 atom stereocenters. The number of nitrogens with zero attached hydrogens (tertiary/aromatic N) is 3. The van der Waals surface area contributed by atoms with Crippen LogP contribution >= 0.6 is 0 Å². The van der Waals surface area contributed by atoms with Crippen LogP contribution in [-0.4, -0.2) is 98.1 Å². The molecule has 3 saturated heterocycles. The molecular weight excluding hydrogens is 296 g/mol. The number of hydrogen-bond donors (Lipinski definition) is 1. The Balaban J connectivity index is 1.60. The second-order valence-corrected chi connectivity index (χ2v) is 6.95. The molecule has 3 heterocycles. The van der Waals surface area contributed by atoms with Gasteiger partial charge in [-0.25, -0.2) is 0 Å². The van der Waals surface area contributed by atoms with E-state index in [1.54, 1.807) is 0 Å². The molecule has 2 amide bonds. The average molecular weight is 324 g/mol. The number of ether oxygens (including phenoxy) is 1. The molecule has 1 N–H and O–H groups in total. The SMILES string of the molecule is CN1CCN(CC(=O)N2CCOCC2)CC12CCNC(=O)CC2. The standard InChI is InChI=1S/C16H28N4O3/c1-18-6-7-19(12-15(22)20-8-10-23-11-9-20)13-16(18)3-2-14(21)17-5-4-16/h2-13H2,1H3,(H,17,21). The predicted molar refractivity (Wildman–Crippen MR) is 86.1 cm³/mol. The first-order chi connectivity index (χ1) is 11.1. The van der Waals surface area contributed by atoms with Gasteiger partial charge in [-0.2, -0.15) is 0 Å². The molecule has 3 fully saturated rings. The normalized spacial score (nSPS) is 31.0. The van der Waals surface area contributed by atoms with E-state index < -0.39 is 0 Å². The van der Waals surface area contributed by atoms with E-state index in [2.05, 4.69) is 22.2 Å². The first-order valence-corrected chi connectivity index (χ1v) is 8.65. The summed E-state index contributed by atoms with van der Waals surface area (Å²) in [5.74, 6) is 0.354. The Kier molecular flexibility index (Phi) is 5.18. The largest absolute Gasteiger partial charge is 0.378 e. The molecule has 7 nitrogen and oxygen atoms in total. The van der Waals surface area contributed by atoms with Gasteiger partial charge in [-0.15, -0.1) is 0 Å². The number of rotatable bonds is 2. The van der Waals surface area contributed by atoms with Crippen LogP contribution in [0.5, 0.6) is 0 Å². The van der Waals surface area contributed by atoms with Crippen molar-refractivity contribution in [2.75, 3.05) is 66.1 Å². The van der Waals surface area contributed by atoms with Crippen LogP contribution in [0.4, 0.5) is 0 Å². The molecule has 3 aliphatic heterocycles. The van der Waals surface area contributed by atoms with Crippen molar-refractivity contribution in [2.45, 2.75) is 24.8 Å². The van der Waals surface area contributed by atoms with E-state index in [-0.39, 0.29) is 17.4 Å². The monoisotopic (exact) mass is 324 g/mol. The summed E-state index contributed by atoms with van der Waals surface area (Å²) < 4.78 is 5.31. The smallest absolute Gasteiger partial charge is 0.236 e. The molecule has 0 bridgehead atoms. The molecule has 0 saturated carbocycles. The van der Waals surface area contributed by atoms with Crippen LogP contribution in [-0.2, 0) is 14.3 Å². The van der Waals surface area contributed by atoms with Crippen LogP contribution < -0.4 is 5.32 Å². The number of amides is 2. The summed E-state index contributed by atoms with van der Waals surface area (Å²) in [6.07, 6.45) is 2.41. The van der Waals surface area contributed by atoms with Gasteiger partial charge in [-0.1, -0.05) is 0 Å². The van der Waals surface area contributed by atoms with E-state index in [1.807, 2.05) is 4.90 Å². The minimum atomic E-state index is 0.0166. The topological polar surface area (TPSA) is 65.1 Å². The number of morpholine rings is 1. The van der Waals surface area contributed by atoms with Crippen molar-refractivity contribution >= 4 is 11.8 Å². The number of piperazine rings is 1. The highest BCUT2D eigenvalue weighted by molar-refractivity contribution is 5.78. The Morgan fingerprint density at radius 1 is 1.22 bits per heavy atom. The second kappa shape index (κ2) is 7.15. The van der Waals surface area contributed by atoms with Crippen LogP contribution in [0.2, 0.25) is 0 Å². The van der Waals surface area contributed by atoms with E-state index in [4.69, 9.17) is 4.74 Å². The Bertz CT molecular complexity index is 453. The van der Waals surface area contributed by atoms with Gasteiger partial charge in [0.25, 0.3) is 0 Å². The third kappa shape index (κ3) is 3.84. The van der Waals surface area contributed by atoms with Crippen molar-refractivity contribution in [1.29, 1.82) is 0 Å². The molecule has 3 aliphatic rings. The number of carbonyl (C=O) groups excluding carboxylic acids is 2. The number of carbonyl (C=O) groups is 2. The third-order valence-electron chi connectivity index (χ3n) is 5.53. The molecule has 130 valence electrons. The van der Waals surface area contributed by atoms with Crippen molar-refractivity contribution in [2.24, 2.45) is 0 Å². The maximum absolute atomic E-state index is 12.5. The third-order valence-corrected chi connectivity index (χ3v) is 5.53. The predicted octanol–water partition coefficient (Wildman–Crippen LogP) is -0.868. The van der Waals surface area contributed by atoms with E-state index >= 15 is 0 Å². The highest BCUT2D eigenvalue weighted by atomic mass is 16.5. The molecular formula is C16H28N4O3. The lowest BCUT2D eigenvalue weighted by molar-refractivity contribution is -0.138. The molecule has 7 heteroatoms. The summed E-state index contributed by atoms with van der Waals surface area (Å²) in [5.41, 5.74) is 0.0166. The van der Waals surface area contributed by atoms with Gasteiger partial charge in [0.15, 0.2) is 0 Å². The van der Waals surface area contributed by atoms with Crippen LogP contribution in [0.1, 0.15) is 19.3 Å². The number of hydrogen-bond acceptors (Lipinski definition) is 5. The van der Waals surface area contributed by atoms with Crippen molar-refractivity contribution in [3.8, 4) is 0 Å². The van der Waals surface area contributed by atoms with E-state index in [0.29, 0.717) is 39.3 Å². The Morgan fingerprint density at radius 3 is 2.78 bits per heavy atom. The molecule has 0 aromatic heterocycles. The first-order valence-electron chi connectivity index (χ1n) is 8.65. The lowest BCUT2D eigenvalue weighted by Crippen LogP contribution is -2.62. The Hall–Kier alpha value is -1.18. The fraction of sp³-hybridized carbons (Fsp3) is 0.875. The van der Waals surface area contributed by atoms with Crippen LogP contribution in [0, 0.1) is 0 Å². The Morgan fingerprint density at radius 2 is 2.00 bits per heavy atom. The first kappa shape index (κ1) is 16.7. The van der Waals surface area contributed by atoms with Gasteiger partial charge in [-0.3, -0.25) is 19.4 Å². The van der Waals surface area contributed by atoms with Crippen molar-refractivity contribution in [3.63, 3.8) is 0 Å². The summed E-state index contributed by atoms with van der Waals surface area (Å²) in [6.45, 7) is 6.64. The van der Waals surface area contributed by atoms with E-state index in [1.165, 1.54) is 0 Å².